The van der Waals surface area contributed by atoms with Crippen LogP contribution in [0.5, 0.6) is 0 Å². The molecule has 0 unspecified atom stereocenters. The van der Waals surface area contributed by atoms with Gasteiger partial charge < -0.3 is 0 Å². The Hall–Kier alpha value is -1.37. The number of fused-ring (bicyclic) bond motifs is 3. The van der Waals surface area contributed by atoms with E-state index in [0.717, 1.165) is 0 Å². The molecular formula is C18H24N+. The standard InChI is InChI=1S/C18H24N/c1-18(2,3)14-11-16-15-8-6-5-7-13(15)9-10-17(16)19(4)12-14/h9-12H,5-8H2,1-4H3/q+1. The van der Waals surface area contributed by atoms with Crippen LogP contribution in [0.2, 0.25) is 0 Å². The number of hydrogen-bond donors (Lipinski definition) is 0. The van der Waals surface area contributed by atoms with Crippen molar-refractivity contribution >= 4 is 10.9 Å². The van der Waals surface area contributed by atoms with Crippen LogP contribution in [0.4, 0.5) is 0 Å². The van der Waals surface area contributed by atoms with Crippen LogP contribution in [0.25, 0.3) is 10.9 Å². The van der Waals surface area contributed by atoms with Crippen molar-refractivity contribution in [3.05, 3.63) is 41.1 Å². The van der Waals surface area contributed by atoms with Gasteiger partial charge in [0.25, 0.3) is 0 Å². The van der Waals surface area contributed by atoms with E-state index in [2.05, 4.69) is 56.8 Å². The number of nitrogens with zero attached hydrogens (tertiary/aromatic N) is 1. The van der Waals surface area contributed by atoms with E-state index in [1.807, 2.05) is 0 Å². The molecule has 1 aromatic heterocycles. The Morgan fingerprint density at radius 3 is 2.53 bits per heavy atom. The molecule has 3 rings (SSSR count). The zero-order chi connectivity index (χ0) is 13.6. The van der Waals surface area contributed by atoms with Crippen LogP contribution < -0.4 is 4.57 Å². The maximum atomic E-state index is 2.43. The highest BCUT2D eigenvalue weighted by Gasteiger charge is 2.22. The van der Waals surface area contributed by atoms with E-state index in [1.165, 1.54) is 42.1 Å². The lowest BCUT2D eigenvalue weighted by Gasteiger charge is -2.21. The van der Waals surface area contributed by atoms with E-state index in [4.69, 9.17) is 0 Å². The van der Waals surface area contributed by atoms with Gasteiger partial charge in [0.05, 0.1) is 5.39 Å². The zero-order valence-corrected chi connectivity index (χ0v) is 12.6. The van der Waals surface area contributed by atoms with Crippen LogP contribution in [0, 0.1) is 0 Å². The molecule has 0 radical (unpaired) electrons. The predicted molar refractivity (Wildman–Crippen MR) is 80.5 cm³/mol. The van der Waals surface area contributed by atoms with Gasteiger partial charge in [-0.1, -0.05) is 26.8 Å². The monoisotopic (exact) mass is 254 g/mol. The van der Waals surface area contributed by atoms with Crippen LogP contribution in [-0.4, -0.2) is 0 Å². The maximum absolute atomic E-state index is 2.43. The van der Waals surface area contributed by atoms with E-state index in [1.54, 1.807) is 11.1 Å². The Morgan fingerprint density at radius 1 is 1.05 bits per heavy atom. The second kappa shape index (κ2) is 4.33. The fraction of sp³-hybridized carbons (Fsp3) is 0.500. The normalized spacial score (nSPS) is 15.6. The summed E-state index contributed by atoms with van der Waals surface area (Å²) in [5.74, 6) is 0. The van der Waals surface area contributed by atoms with Crippen LogP contribution in [0.1, 0.15) is 50.3 Å². The summed E-state index contributed by atoms with van der Waals surface area (Å²) >= 11 is 0. The molecule has 1 aliphatic carbocycles. The molecule has 1 heterocycles. The third kappa shape index (κ3) is 2.16. The predicted octanol–water partition coefficient (Wildman–Crippen LogP) is 3.84. The van der Waals surface area contributed by atoms with Gasteiger partial charge in [0.2, 0.25) is 5.52 Å². The Labute approximate surface area is 116 Å². The van der Waals surface area contributed by atoms with Crippen molar-refractivity contribution in [3.8, 4) is 0 Å². The first-order valence-corrected chi connectivity index (χ1v) is 7.41. The molecule has 1 heteroatoms. The van der Waals surface area contributed by atoms with Crippen molar-refractivity contribution in [2.45, 2.75) is 51.9 Å². The molecule has 19 heavy (non-hydrogen) atoms. The summed E-state index contributed by atoms with van der Waals surface area (Å²) in [6.07, 6.45) is 7.49. The molecule has 0 atom stereocenters. The molecule has 1 aromatic carbocycles. The summed E-state index contributed by atoms with van der Waals surface area (Å²) in [7, 11) is 2.17. The molecule has 1 nitrogen and oxygen atoms in total. The molecule has 1 aliphatic rings. The Balaban J connectivity index is 2.32. The summed E-state index contributed by atoms with van der Waals surface area (Å²) in [5, 5.41) is 1.48. The van der Waals surface area contributed by atoms with Gasteiger partial charge in [-0.15, -0.1) is 0 Å². The van der Waals surface area contributed by atoms with Crippen LogP contribution in [0.3, 0.4) is 0 Å². The van der Waals surface area contributed by atoms with Crippen molar-refractivity contribution in [2.75, 3.05) is 0 Å². The molecule has 100 valence electrons. The highest BCUT2D eigenvalue weighted by molar-refractivity contribution is 5.82. The highest BCUT2D eigenvalue weighted by atomic mass is 14.9. The highest BCUT2D eigenvalue weighted by Crippen LogP contribution is 2.30. The number of hydrogen-bond acceptors (Lipinski definition) is 0. The van der Waals surface area contributed by atoms with Gasteiger partial charge in [0.15, 0.2) is 6.20 Å². The van der Waals surface area contributed by atoms with Crippen LogP contribution >= 0.6 is 0 Å². The Kier molecular flexibility index (Phi) is 2.88. The summed E-state index contributed by atoms with van der Waals surface area (Å²) in [4.78, 5) is 0. The molecule has 0 fully saturated rings. The summed E-state index contributed by atoms with van der Waals surface area (Å²) in [6, 6.07) is 7.07. The van der Waals surface area contributed by atoms with Gasteiger partial charge in [-0.25, -0.2) is 4.57 Å². The first-order valence-electron chi connectivity index (χ1n) is 7.41. The van der Waals surface area contributed by atoms with Gasteiger partial charge in [0.1, 0.15) is 7.05 Å². The second-order valence-electron chi connectivity index (χ2n) is 6.93. The molecule has 0 saturated heterocycles. The zero-order valence-electron chi connectivity index (χ0n) is 12.6. The lowest BCUT2D eigenvalue weighted by Crippen LogP contribution is -2.32. The lowest BCUT2D eigenvalue weighted by atomic mass is 9.84. The van der Waals surface area contributed by atoms with E-state index < -0.39 is 0 Å². The van der Waals surface area contributed by atoms with E-state index in [-0.39, 0.29) is 5.41 Å². The molecule has 0 saturated carbocycles. The number of benzene rings is 1. The average molecular weight is 254 g/mol. The maximum Gasteiger partial charge on any atom is 0.212 e. The molecule has 0 amide bonds. The lowest BCUT2D eigenvalue weighted by molar-refractivity contribution is -0.645. The first-order chi connectivity index (χ1) is 8.97. The van der Waals surface area contributed by atoms with Crippen molar-refractivity contribution < 1.29 is 4.57 Å². The molecule has 0 spiro atoms. The second-order valence-corrected chi connectivity index (χ2v) is 6.93. The average Bonchev–Trinajstić information content (AvgIpc) is 2.37. The topological polar surface area (TPSA) is 3.88 Å². The number of pyridine rings is 1. The third-order valence-corrected chi connectivity index (χ3v) is 4.43. The van der Waals surface area contributed by atoms with Gasteiger partial charge in [-0.3, -0.25) is 0 Å². The number of rotatable bonds is 0. The molecular weight excluding hydrogens is 230 g/mol. The van der Waals surface area contributed by atoms with Gasteiger partial charge >= 0.3 is 0 Å². The number of aromatic nitrogens is 1. The van der Waals surface area contributed by atoms with Gasteiger partial charge in [-0.05, 0) is 48.3 Å². The fourth-order valence-electron chi connectivity index (χ4n) is 3.19. The van der Waals surface area contributed by atoms with E-state index >= 15 is 0 Å². The summed E-state index contributed by atoms with van der Waals surface area (Å²) in [6.45, 7) is 6.89. The number of aryl methyl sites for hydroxylation is 3. The minimum atomic E-state index is 0.212. The molecule has 0 aliphatic heterocycles. The molecule has 0 bridgehead atoms. The SMILES string of the molecule is C[n+]1cc(C(C)(C)C)cc2c3c(ccc21)CCCC3. The van der Waals surface area contributed by atoms with E-state index in [0.29, 0.717) is 0 Å². The minimum absolute atomic E-state index is 0.212. The minimum Gasteiger partial charge on any atom is -0.201 e. The van der Waals surface area contributed by atoms with Crippen molar-refractivity contribution in [3.63, 3.8) is 0 Å². The molecule has 0 N–H and O–H groups in total. The van der Waals surface area contributed by atoms with Crippen molar-refractivity contribution in [1.82, 2.24) is 0 Å². The van der Waals surface area contributed by atoms with Crippen LogP contribution in [-0.2, 0) is 25.3 Å². The van der Waals surface area contributed by atoms with Crippen molar-refractivity contribution in [1.29, 1.82) is 0 Å². The Bertz CT molecular complexity index is 632. The largest absolute Gasteiger partial charge is 0.212 e. The smallest absolute Gasteiger partial charge is 0.201 e. The van der Waals surface area contributed by atoms with Gasteiger partial charge in [-0.2, -0.15) is 0 Å². The fourth-order valence-corrected chi connectivity index (χ4v) is 3.19. The first kappa shape index (κ1) is 12.7. The summed E-state index contributed by atoms with van der Waals surface area (Å²) < 4.78 is 2.30. The van der Waals surface area contributed by atoms with Gasteiger partial charge in [0, 0.05) is 11.6 Å². The Morgan fingerprint density at radius 2 is 1.79 bits per heavy atom. The molecule has 2 aromatic rings. The van der Waals surface area contributed by atoms with Crippen LogP contribution in [0.15, 0.2) is 24.4 Å². The van der Waals surface area contributed by atoms with Crippen molar-refractivity contribution in [2.24, 2.45) is 7.05 Å². The summed E-state index contributed by atoms with van der Waals surface area (Å²) in [5.41, 5.74) is 6.19. The van der Waals surface area contributed by atoms with E-state index in [9.17, 15) is 0 Å². The third-order valence-electron chi connectivity index (χ3n) is 4.43. The quantitative estimate of drug-likeness (QED) is 0.629.